The van der Waals surface area contributed by atoms with Gasteiger partial charge in [0.1, 0.15) is 0 Å². The molecule has 0 radical (unpaired) electrons. The number of allylic oxidation sites excluding steroid dienone is 1. The molecule has 0 fully saturated rings. The van der Waals surface area contributed by atoms with Crippen molar-refractivity contribution in [2.45, 2.75) is 91.5 Å². The molecular formula is C17H35N. The maximum absolute atomic E-state index is 3.45. The zero-order valence-electron chi connectivity index (χ0n) is 13.2. The van der Waals surface area contributed by atoms with E-state index in [9.17, 15) is 0 Å². The quantitative estimate of drug-likeness (QED) is 0.359. The summed E-state index contributed by atoms with van der Waals surface area (Å²) in [5.74, 6) is 0. The van der Waals surface area contributed by atoms with Gasteiger partial charge in [-0.2, -0.15) is 0 Å². The first-order valence-corrected chi connectivity index (χ1v) is 8.05. The molecule has 0 bridgehead atoms. The van der Waals surface area contributed by atoms with Crippen molar-refractivity contribution < 1.29 is 0 Å². The van der Waals surface area contributed by atoms with Crippen molar-refractivity contribution in [2.75, 3.05) is 6.54 Å². The summed E-state index contributed by atoms with van der Waals surface area (Å²) < 4.78 is 0. The van der Waals surface area contributed by atoms with Gasteiger partial charge in [-0.15, -0.1) is 0 Å². The Labute approximate surface area is 115 Å². The van der Waals surface area contributed by atoms with Crippen molar-refractivity contribution in [3.05, 3.63) is 11.6 Å². The largest absolute Gasteiger partial charge is 0.314 e. The second kappa shape index (κ2) is 13.1. The molecule has 0 aliphatic carbocycles. The van der Waals surface area contributed by atoms with Crippen LogP contribution in [0.4, 0.5) is 0 Å². The van der Waals surface area contributed by atoms with Gasteiger partial charge in [-0.05, 0) is 32.7 Å². The number of nitrogens with one attached hydrogen (secondary N) is 1. The third-order valence-corrected chi connectivity index (χ3v) is 3.36. The minimum atomic E-state index is 0.613. The van der Waals surface area contributed by atoms with Gasteiger partial charge in [0, 0.05) is 6.04 Å². The van der Waals surface area contributed by atoms with Crippen LogP contribution in [-0.2, 0) is 0 Å². The highest BCUT2D eigenvalue weighted by molar-refractivity contribution is 4.97. The van der Waals surface area contributed by atoms with Gasteiger partial charge in [-0.25, -0.2) is 0 Å². The lowest BCUT2D eigenvalue weighted by molar-refractivity contribution is 0.585. The van der Waals surface area contributed by atoms with Gasteiger partial charge in [-0.1, -0.05) is 70.9 Å². The van der Waals surface area contributed by atoms with Crippen LogP contribution in [0.5, 0.6) is 0 Å². The summed E-state index contributed by atoms with van der Waals surface area (Å²) in [6.07, 6.45) is 14.8. The Kier molecular flexibility index (Phi) is 12.9. The molecular weight excluding hydrogens is 218 g/mol. The summed E-state index contributed by atoms with van der Waals surface area (Å²) in [6, 6.07) is 0.613. The fourth-order valence-electron chi connectivity index (χ4n) is 2.15. The maximum Gasteiger partial charge on any atom is 0.00105 e. The van der Waals surface area contributed by atoms with Crippen LogP contribution in [0, 0.1) is 0 Å². The smallest absolute Gasteiger partial charge is 0.00105 e. The number of hydrogen-bond donors (Lipinski definition) is 1. The van der Waals surface area contributed by atoms with E-state index in [1.165, 1.54) is 57.8 Å². The molecule has 0 unspecified atom stereocenters. The van der Waals surface area contributed by atoms with Crippen molar-refractivity contribution in [1.82, 2.24) is 5.32 Å². The first-order chi connectivity index (χ1) is 8.66. The number of rotatable bonds is 12. The van der Waals surface area contributed by atoms with Crippen LogP contribution < -0.4 is 5.32 Å². The second-order valence-corrected chi connectivity index (χ2v) is 5.82. The SMILES string of the molecule is CCCCCCCCCC(C)=CCCNC(C)C. The summed E-state index contributed by atoms with van der Waals surface area (Å²) in [4.78, 5) is 0. The van der Waals surface area contributed by atoms with Crippen molar-refractivity contribution in [3.63, 3.8) is 0 Å². The highest BCUT2D eigenvalue weighted by atomic mass is 14.9. The minimum Gasteiger partial charge on any atom is -0.314 e. The third kappa shape index (κ3) is 13.8. The molecule has 18 heavy (non-hydrogen) atoms. The molecule has 0 rings (SSSR count). The normalized spacial score (nSPS) is 12.4. The van der Waals surface area contributed by atoms with Gasteiger partial charge >= 0.3 is 0 Å². The summed E-state index contributed by atoms with van der Waals surface area (Å²) >= 11 is 0. The lowest BCUT2D eigenvalue weighted by atomic mass is 10.0. The lowest BCUT2D eigenvalue weighted by Gasteiger charge is -2.06. The summed E-state index contributed by atoms with van der Waals surface area (Å²) in [5, 5.41) is 3.45. The lowest BCUT2D eigenvalue weighted by Crippen LogP contribution is -2.23. The molecule has 0 aliphatic heterocycles. The predicted molar refractivity (Wildman–Crippen MR) is 84.1 cm³/mol. The van der Waals surface area contributed by atoms with E-state index in [0.29, 0.717) is 6.04 Å². The van der Waals surface area contributed by atoms with Crippen LogP contribution in [0.15, 0.2) is 11.6 Å². The van der Waals surface area contributed by atoms with Gasteiger partial charge in [0.2, 0.25) is 0 Å². The van der Waals surface area contributed by atoms with E-state index in [4.69, 9.17) is 0 Å². The van der Waals surface area contributed by atoms with E-state index >= 15 is 0 Å². The first kappa shape index (κ1) is 17.7. The number of unbranched alkanes of at least 4 members (excludes halogenated alkanes) is 6. The summed E-state index contributed by atoms with van der Waals surface area (Å²) in [7, 11) is 0. The molecule has 0 saturated heterocycles. The van der Waals surface area contributed by atoms with E-state index in [1.54, 1.807) is 5.57 Å². The monoisotopic (exact) mass is 253 g/mol. The Balaban J connectivity index is 3.30. The summed E-state index contributed by atoms with van der Waals surface area (Å²) in [5.41, 5.74) is 1.58. The average Bonchev–Trinajstić information content (AvgIpc) is 2.33. The van der Waals surface area contributed by atoms with E-state index < -0.39 is 0 Å². The predicted octanol–water partition coefficient (Wildman–Crippen LogP) is 5.46. The van der Waals surface area contributed by atoms with Gasteiger partial charge < -0.3 is 5.32 Å². The molecule has 0 atom stereocenters. The molecule has 0 aliphatic rings. The van der Waals surface area contributed by atoms with Gasteiger partial charge in [-0.3, -0.25) is 0 Å². The topological polar surface area (TPSA) is 12.0 Å². The highest BCUT2D eigenvalue weighted by Crippen LogP contribution is 2.12. The molecule has 1 nitrogen and oxygen atoms in total. The van der Waals surface area contributed by atoms with Crippen LogP contribution in [0.25, 0.3) is 0 Å². The van der Waals surface area contributed by atoms with Gasteiger partial charge in [0.05, 0.1) is 0 Å². The molecule has 0 aromatic heterocycles. The zero-order valence-corrected chi connectivity index (χ0v) is 13.2. The minimum absolute atomic E-state index is 0.613. The molecule has 0 saturated carbocycles. The highest BCUT2D eigenvalue weighted by Gasteiger charge is 1.94. The zero-order chi connectivity index (χ0) is 13.6. The van der Waals surface area contributed by atoms with Gasteiger partial charge in [0.15, 0.2) is 0 Å². The molecule has 1 heteroatoms. The Morgan fingerprint density at radius 3 is 2.22 bits per heavy atom. The number of hydrogen-bond acceptors (Lipinski definition) is 1. The van der Waals surface area contributed by atoms with Crippen molar-refractivity contribution in [3.8, 4) is 0 Å². The summed E-state index contributed by atoms with van der Waals surface area (Å²) in [6.45, 7) is 10.1. The standard InChI is InChI=1S/C17H35N/c1-5-6-7-8-9-10-11-13-17(4)14-12-15-18-16(2)3/h14,16,18H,5-13,15H2,1-4H3. The van der Waals surface area contributed by atoms with E-state index in [0.717, 1.165) is 6.54 Å². The Morgan fingerprint density at radius 1 is 1.00 bits per heavy atom. The molecule has 0 heterocycles. The molecule has 0 aromatic carbocycles. The van der Waals surface area contributed by atoms with Crippen molar-refractivity contribution >= 4 is 0 Å². The average molecular weight is 253 g/mol. The van der Waals surface area contributed by atoms with Crippen molar-refractivity contribution in [2.24, 2.45) is 0 Å². The van der Waals surface area contributed by atoms with E-state index in [2.05, 4.69) is 39.1 Å². The molecule has 0 aromatic rings. The Hall–Kier alpha value is -0.300. The Bertz CT molecular complexity index is 194. The van der Waals surface area contributed by atoms with Crippen molar-refractivity contribution in [1.29, 1.82) is 0 Å². The van der Waals surface area contributed by atoms with Crippen LogP contribution >= 0.6 is 0 Å². The fraction of sp³-hybridized carbons (Fsp3) is 0.882. The van der Waals surface area contributed by atoms with Gasteiger partial charge in [0.25, 0.3) is 0 Å². The van der Waals surface area contributed by atoms with E-state index in [-0.39, 0.29) is 0 Å². The van der Waals surface area contributed by atoms with Crippen LogP contribution in [0.3, 0.4) is 0 Å². The van der Waals surface area contributed by atoms with Crippen LogP contribution in [-0.4, -0.2) is 12.6 Å². The molecule has 1 N–H and O–H groups in total. The van der Waals surface area contributed by atoms with E-state index in [1.807, 2.05) is 0 Å². The third-order valence-electron chi connectivity index (χ3n) is 3.36. The second-order valence-electron chi connectivity index (χ2n) is 5.82. The molecule has 0 spiro atoms. The fourth-order valence-corrected chi connectivity index (χ4v) is 2.15. The Morgan fingerprint density at radius 2 is 1.61 bits per heavy atom. The molecule has 0 amide bonds. The molecule has 108 valence electrons. The first-order valence-electron chi connectivity index (χ1n) is 8.05. The maximum atomic E-state index is 3.45. The van der Waals surface area contributed by atoms with Crippen LogP contribution in [0.2, 0.25) is 0 Å². The van der Waals surface area contributed by atoms with Crippen LogP contribution in [0.1, 0.15) is 85.5 Å².